The normalized spacial score (nSPS) is 20.4. The van der Waals surface area contributed by atoms with Crippen LogP contribution in [0.4, 0.5) is 17.6 Å². The lowest BCUT2D eigenvalue weighted by Crippen LogP contribution is -2.39. The summed E-state index contributed by atoms with van der Waals surface area (Å²) < 4.78 is 5.06. The second-order valence-electron chi connectivity index (χ2n) is 7.37. The number of anilines is 3. The van der Waals surface area contributed by atoms with E-state index in [0.29, 0.717) is 30.3 Å². The van der Waals surface area contributed by atoms with Gasteiger partial charge < -0.3 is 25.2 Å². The van der Waals surface area contributed by atoms with Gasteiger partial charge in [0.1, 0.15) is 11.6 Å². The summed E-state index contributed by atoms with van der Waals surface area (Å²) in [6.45, 7) is 6.71. The van der Waals surface area contributed by atoms with Crippen LogP contribution in [-0.2, 0) is 4.74 Å². The molecule has 3 rings (SSSR count). The second kappa shape index (κ2) is 10.0. The first-order valence-electron chi connectivity index (χ1n) is 10.1. The van der Waals surface area contributed by atoms with E-state index < -0.39 is 0 Å². The van der Waals surface area contributed by atoms with Crippen molar-refractivity contribution in [3.8, 4) is 0 Å². The average Bonchev–Trinajstić information content (AvgIpc) is 2.69. The van der Waals surface area contributed by atoms with Crippen LogP contribution in [0.15, 0.2) is 6.07 Å². The van der Waals surface area contributed by atoms with Gasteiger partial charge >= 0.3 is 0 Å². The highest BCUT2D eigenvalue weighted by molar-refractivity contribution is 7.80. The van der Waals surface area contributed by atoms with Crippen LogP contribution in [0.2, 0.25) is 0 Å². The lowest BCUT2D eigenvalue weighted by molar-refractivity contribution is 0.204. The van der Waals surface area contributed by atoms with Crippen LogP contribution in [0.25, 0.3) is 0 Å². The SMILES string of the molecule is COCCNC(=S)Nc1nc(N2CCCCC2)cc(N2CCCC[C@H]2C)n1. The molecule has 2 aliphatic rings. The van der Waals surface area contributed by atoms with Crippen LogP contribution in [-0.4, -0.2) is 61.0 Å². The predicted molar refractivity (Wildman–Crippen MR) is 115 cm³/mol. The Morgan fingerprint density at radius 3 is 2.63 bits per heavy atom. The largest absolute Gasteiger partial charge is 0.383 e. The van der Waals surface area contributed by atoms with E-state index >= 15 is 0 Å². The van der Waals surface area contributed by atoms with Crippen molar-refractivity contribution in [2.45, 2.75) is 51.5 Å². The van der Waals surface area contributed by atoms with Crippen LogP contribution in [0.1, 0.15) is 45.4 Å². The van der Waals surface area contributed by atoms with Crippen molar-refractivity contribution in [3.63, 3.8) is 0 Å². The first kappa shape index (κ1) is 20.1. The second-order valence-corrected chi connectivity index (χ2v) is 7.78. The quantitative estimate of drug-likeness (QED) is 0.566. The summed E-state index contributed by atoms with van der Waals surface area (Å²) in [7, 11) is 1.68. The summed E-state index contributed by atoms with van der Waals surface area (Å²) >= 11 is 5.39. The molecule has 7 nitrogen and oxygen atoms in total. The van der Waals surface area contributed by atoms with Gasteiger partial charge in [0, 0.05) is 45.4 Å². The summed E-state index contributed by atoms with van der Waals surface area (Å²) in [5, 5.41) is 6.82. The van der Waals surface area contributed by atoms with E-state index in [9.17, 15) is 0 Å². The molecular formula is C19H32N6OS. The van der Waals surface area contributed by atoms with Crippen molar-refractivity contribution in [1.29, 1.82) is 0 Å². The maximum Gasteiger partial charge on any atom is 0.232 e. The van der Waals surface area contributed by atoms with E-state index in [1.807, 2.05) is 0 Å². The molecule has 8 heteroatoms. The number of thiocarbonyl (C=S) groups is 1. The third kappa shape index (κ3) is 5.65. The number of hydrogen-bond acceptors (Lipinski definition) is 6. The molecule has 0 saturated carbocycles. The Kier molecular flexibility index (Phi) is 7.46. The van der Waals surface area contributed by atoms with Crippen molar-refractivity contribution < 1.29 is 4.74 Å². The Hall–Kier alpha value is -1.67. The fourth-order valence-electron chi connectivity index (χ4n) is 3.76. The van der Waals surface area contributed by atoms with E-state index in [2.05, 4.69) is 33.4 Å². The standard InChI is InChI=1S/C19H32N6OS/c1-15-8-4-7-12-25(15)17-14-16(24-10-5-3-6-11-24)21-18(22-17)23-19(27)20-9-13-26-2/h14-15H,3-13H2,1-2H3,(H2,20,21,22,23,27)/t15-/m1/s1. The summed E-state index contributed by atoms with van der Waals surface area (Å²) in [6, 6.07) is 2.65. The van der Waals surface area contributed by atoms with Crippen LogP contribution in [0, 0.1) is 0 Å². The van der Waals surface area contributed by atoms with Crippen LogP contribution < -0.4 is 20.4 Å². The van der Waals surface area contributed by atoms with Crippen molar-refractivity contribution >= 4 is 34.9 Å². The highest BCUT2D eigenvalue weighted by atomic mass is 32.1. The van der Waals surface area contributed by atoms with Gasteiger partial charge in [0.05, 0.1) is 6.61 Å². The molecule has 0 aliphatic carbocycles. The zero-order chi connectivity index (χ0) is 19.1. The van der Waals surface area contributed by atoms with Gasteiger partial charge in [-0.2, -0.15) is 9.97 Å². The number of ether oxygens (including phenoxy) is 1. The van der Waals surface area contributed by atoms with Gasteiger partial charge in [-0.25, -0.2) is 0 Å². The molecular weight excluding hydrogens is 360 g/mol. The van der Waals surface area contributed by atoms with Crippen molar-refractivity contribution in [2.75, 3.05) is 55.0 Å². The van der Waals surface area contributed by atoms with Gasteiger partial charge in [0.25, 0.3) is 0 Å². The Morgan fingerprint density at radius 1 is 1.15 bits per heavy atom. The molecule has 0 unspecified atom stereocenters. The summed E-state index contributed by atoms with van der Waals surface area (Å²) in [5.74, 6) is 2.57. The molecule has 2 saturated heterocycles. The molecule has 0 spiro atoms. The molecule has 2 fully saturated rings. The van der Waals surface area contributed by atoms with E-state index in [0.717, 1.165) is 31.3 Å². The summed E-state index contributed by atoms with van der Waals surface area (Å²) in [6.07, 6.45) is 7.46. The monoisotopic (exact) mass is 392 g/mol. The molecule has 0 aromatic carbocycles. The molecule has 0 bridgehead atoms. The fraction of sp³-hybridized carbons (Fsp3) is 0.737. The number of nitrogens with zero attached hydrogens (tertiary/aromatic N) is 4. The van der Waals surface area contributed by atoms with Gasteiger partial charge in [-0.1, -0.05) is 0 Å². The lowest BCUT2D eigenvalue weighted by Gasteiger charge is -2.35. The molecule has 3 heterocycles. The number of methoxy groups -OCH3 is 1. The number of nitrogens with one attached hydrogen (secondary N) is 2. The van der Waals surface area contributed by atoms with Gasteiger partial charge in [-0.3, -0.25) is 0 Å². The maximum absolute atomic E-state index is 5.39. The molecule has 27 heavy (non-hydrogen) atoms. The molecule has 2 aliphatic heterocycles. The minimum Gasteiger partial charge on any atom is -0.383 e. The Morgan fingerprint density at radius 2 is 1.89 bits per heavy atom. The molecule has 0 radical (unpaired) electrons. The molecule has 2 N–H and O–H groups in total. The first-order valence-corrected chi connectivity index (χ1v) is 10.5. The van der Waals surface area contributed by atoms with Crippen LogP contribution >= 0.6 is 12.2 Å². The Labute approximate surface area is 167 Å². The predicted octanol–water partition coefficient (Wildman–Crippen LogP) is 2.78. The Balaban J connectivity index is 1.80. The highest BCUT2D eigenvalue weighted by Crippen LogP contribution is 2.28. The fourth-order valence-corrected chi connectivity index (χ4v) is 3.95. The molecule has 1 aromatic heterocycles. The minimum atomic E-state index is 0.502. The zero-order valence-corrected chi connectivity index (χ0v) is 17.4. The van der Waals surface area contributed by atoms with Crippen molar-refractivity contribution in [2.24, 2.45) is 0 Å². The van der Waals surface area contributed by atoms with Gasteiger partial charge in [0.2, 0.25) is 5.95 Å². The van der Waals surface area contributed by atoms with Gasteiger partial charge in [0.15, 0.2) is 5.11 Å². The number of hydrogen-bond donors (Lipinski definition) is 2. The summed E-state index contributed by atoms with van der Waals surface area (Å²) in [5.41, 5.74) is 0. The number of rotatable bonds is 6. The molecule has 1 aromatic rings. The van der Waals surface area contributed by atoms with Gasteiger partial charge in [-0.15, -0.1) is 0 Å². The van der Waals surface area contributed by atoms with E-state index in [1.165, 1.54) is 38.5 Å². The third-order valence-electron chi connectivity index (χ3n) is 5.29. The van der Waals surface area contributed by atoms with E-state index in [-0.39, 0.29) is 0 Å². The van der Waals surface area contributed by atoms with E-state index in [1.54, 1.807) is 7.11 Å². The molecule has 1 atom stereocenters. The molecule has 0 amide bonds. The Bertz CT molecular complexity index is 622. The lowest BCUT2D eigenvalue weighted by atomic mass is 10.0. The zero-order valence-electron chi connectivity index (χ0n) is 16.5. The van der Waals surface area contributed by atoms with E-state index in [4.69, 9.17) is 26.9 Å². The number of piperidine rings is 2. The summed E-state index contributed by atoms with van der Waals surface area (Å²) in [4.78, 5) is 14.3. The molecule has 150 valence electrons. The third-order valence-corrected chi connectivity index (χ3v) is 5.54. The number of aromatic nitrogens is 2. The average molecular weight is 393 g/mol. The minimum absolute atomic E-state index is 0.502. The smallest absolute Gasteiger partial charge is 0.232 e. The topological polar surface area (TPSA) is 65.6 Å². The van der Waals surface area contributed by atoms with Crippen LogP contribution in [0.3, 0.4) is 0 Å². The van der Waals surface area contributed by atoms with Gasteiger partial charge in [-0.05, 0) is 57.7 Å². The van der Waals surface area contributed by atoms with Crippen molar-refractivity contribution in [3.05, 3.63) is 6.07 Å². The maximum atomic E-state index is 5.39. The highest BCUT2D eigenvalue weighted by Gasteiger charge is 2.23. The first-order chi connectivity index (χ1) is 13.2. The van der Waals surface area contributed by atoms with Crippen LogP contribution in [0.5, 0.6) is 0 Å². The van der Waals surface area contributed by atoms with Crippen molar-refractivity contribution in [1.82, 2.24) is 15.3 Å².